The second-order valence-electron chi connectivity index (χ2n) is 7.32. The van der Waals surface area contributed by atoms with Crippen molar-refractivity contribution in [3.05, 3.63) is 35.9 Å². The van der Waals surface area contributed by atoms with Crippen molar-refractivity contribution in [3.63, 3.8) is 0 Å². The minimum atomic E-state index is -3.49. The van der Waals surface area contributed by atoms with Gasteiger partial charge < -0.3 is 9.64 Å². The van der Waals surface area contributed by atoms with Crippen LogP contribution in [0.15, 0.2) is 35.2 Å². The van der Waals surface area contributed by atoms with Crippen LogP contribution >= 0.6 is 0 Å². The van der Waals surface area contributed by atoms with E-state index in [2.05, 4.69) is 15.1 Å². The quantitative estimate of drug-likeness (QED) is 0.782. The molecule has 4 rings (SSSR count). The number of piperidine rings is 1. The van der Waals surface area contributed by atoms with Gasteiger partial charge >= 0.3 is 0 Å². The van der Waals surface area contributed by atoms with Gasteiger partial charge in [0, 0.05) is 31.7 Å². The lowest BCUT2D eigenvalue weighted by Crippen LogP contribution is -2.36. The Balaban J connectivity index is 1.61. The Kier molecular flexibility index (Phi) is 5.61. The maximum atomic E-state index is 13.1. The smallest absolute Gasteiger partial charge is 0.243 e. The third-order valence-electron chi connectivity index (χ3n) is 5.40. The van der Waals surface area contributed by atoms with Crippen molar-refractivity contribution in [2.75, 3.05) is 44.3 Å². The molecule has 0 radical (unpaired) electrons. The lowest BCUT2D eigenvalue weighted by molar-refractivity contribution is 0.122. The van der Waals surface area contributed by atoms with Crippen molar-refractivity contribution in [2.45, 2.75) is 31.1 Å². The van der Waals surface area contributed by atoms with Crippen molar-refractivity contribution in [1.82, 2.24) is 14.5 Å². The maximum absolute atomic E-state index is 13.1. The molecule has 1 aromatic heterocycles. The fraction of sp³-hybridized carbons (Fsp3) is 0.500. The highest BCUT2D eigenvalue weighted by Gasteiger charge is 2.27. The summed E-state index contributed by atoms with van der Waals surface area (Å²) in [7, 11) is -3.49. The molecule has 0 N–H and O–H groups in total. The molecule has 0 amide bonds. The fourth-order valence-electron chi connectivity index (χ4n) is 3.72. The van der Waals surface area contributed by atoms with Crippen molar-refractivity contribution in [2.24, 2.45) is 0 Å². The number of rotatable bonds is 4. The van der Waals surface area contributed by atoms with Gasteiger partial charge in [0.2, 0.25) is 10.0 Å². The summed E-state index contributed by atoms with van der Waals surface area (Å²) in [5.74, 6) is 0.820. The van der Waals surface area contributed by atoms with Crippen LogP contribution in [0, 0.1) is 6.92 Å². The molecule has 0 aliphatic carbocycles. The van der Waals surface area contributed by atoms with Crippen LogP contribution < -0.4 is 4.90 Å². The number of anilines is 1. The molecule has 0 unspecified atom stereocenters. The predicted molar refractivity (Wildman–Crippen MR) is 108 cm³/mol. The molecule has 2 aliphatic rings. The summed E-state index contributed by atoms with van der Waals surface area (Å²) in [4.78, 5) is 2.51. The average molecular weight is 403 g/mol. The normalized spacial score (nSPS) is 19.0. The number of aryl methyl sites for hydroxylation is 1. The average Bonchev–Trinajstić information content (AvgIpc) is 2.75. The molecule has 0 bridgehead atoms. The highest BCUT2D eigenvalue weighted by atomic mass is 32.2. The van der Waals surface area contributed by atoms with Gasteiger partial charge in [-0.05, 0) is 43.5 Å². The summed E-state index contributed by atoms with van der Waals surface area (Å²) >= 11 is 0. The first-order valence-electron chi connectivity index (χ1n) is 9.83. The molecule has 28 heavy (non-hydrogen) atoms. The second-order valence-corrected chi connectivity index (χ2v) is 9.23. The number of sulfonamides is 1. The zero-order valence-corrected chi connectivity index (χ0v) is 17.0. The molecule has 2 aliphatic heterocycles. The number of aromatic nitrogens is 2. The number of nitrogens with zero attached hydrogens (tertiary/aromatic N) is 4. The summed E-state index contributed by atoms with van der Waals surface area (Å²) < 4.78 is 33.2. The van der Waals surface area contributed by atoms with Crippen molar-refractivity contribution in [3.8, 4) is 11.3 Å². The van der Waals surface area contributed by atoms with Crippen LogP contribution in [0.1, 0.15) is 24.8 Å². The zero-order chi connectivity index (χ0) is 19.6. The van der Waals surface area contributed by atoms with E-state index in [0.29, 0.717) is 36.9 Å². The Morgan fingerprint density at radius 1 is 0.929 bits per heavy atom. The molecular formula is C20H26N4O3S. The van der Waals surface area contributed by atoms with Crippen molar-refractivity contribution < 1.29 is 13.2 Å². The predicted octanol–water partition coefficient (Wildman–Crippen LogP) is 2.46. The van der Waals surface area contributed by atoms with E-state index in [1.165, 1.54) is 0 Å². The van der Waals surface area contributed by atoms with Gasteiger partial charge in [-0.15, -0.1) is 10.2 Å². The monoisotopic (exact) mass is 402 g/mol. The van der Waals surface area contributed by atoms with E-state index in [4.69, 9.17) is 4.74 Å². The largest absolute Gasteiger partial charge is 0.378 e. The third kappa shape index (κ3) is 3.90. The SMILES string of the molecule is Cc1ccc(-c2ccc(N3CCOCC3)nn2)cc1S(=O)(=O)N1CCCCC1. The minimum Gasteiger partial charge on any atom is -0.378 e. The summed E-state index contributed by atoms with van der Waals surface area (Å²) in [6.45, 7) is 6.03. The van der Waals surface area contributed by atoms with E-state index in [-0.39, 0.29) is 0 Å². The van der Waals surface area contributed by atoms with Gasteiger partial charge in [-0.1, -0.05) is 18.6 Å². The standard InChI is InChI=1S/C20H26N4O3S/c1-16-5-6-17(15-19(16)28(25,26)24-9-3-2-4-10-24)18-7-8-20(22-21-18)23-11-13-27-14-12-23/h5-8,15H,2-4,9-14H2,1H3. The first-order valence-corrected chi connectivity index (χ1v) is 11.3. The van der Waals surface area contributed by atoms with Gasteiger partial charge in [0.15, 0.2) is 5.82 Å². The number of morpholine rings is 1. The van der Waals surface area contributed by atoms with Crippen molar-refractivity contribution >= 4 is 15.8 Å². The first-order chi connectivity index (χ1) is 13.6. The Morgan fingerprint density at radius 3 is 2.36 bits per heavy atom. The van der Waals surface area contributed by atoms with E-state index >= 15 is 0 Å². The van der Waals surface area contributed by atoms with Crippen LogP contribution in [0.5, 0.6) is 0 Å². The Bertz CT molecular complexity index is 919. The summed E-state index contributed by atoms with van der Waals surface area (Å²) in [5.41, 5.74) is 2.20. The molecule has 7 nitrogen and oxygen atoms in total. The lowest BCUT2D eigenvalue weighted by atomic mass is 10.1. The van der Waals surface area contributed by atoms with Gasteiger partial charge in [0.1, 0.15) is 0 Å². The second kappa shape index (κ2) is 8.14. The van der Waals surface area contributed by atoms with Gasteiger partial charge in [-0.25, -0.2) is 8.42 Å². The van der Waals surface area contributed by atoms with Crippen LogP contribution in [-0.2, 0) is 14.8 Å². The molecule has 2 fully saturated rings. The molecule has 0 saturated carbocycles. The molecular weight excluding hydrogens is 376 g/mol. The number of ether oxygens (including phenoxy) is 1. The highest BCUT2D eigenvalue weighted by molar-refractivity contribution is 7.89. The van der Waals surface area contributed by atoms with Crippen LogP contribution in [0.2, 0.25) is 0 Å². The topological polar surface area (TPSA) is 75.6 Å². The van der Waals surface area contributed by atoms with E-state index in [1.807, 2.05) is 31.2 Å². The molecule has 150 valence electrons. The highest BCUT2D eigenvalue weighted by Crippen LogP contribution is 2.28. The fourth-order valence-corrected chi connectivity index (χ4v) is 5.49. The van der Waals surface area contributed by atoms with Gasteiger partial charge in [-0.3, -0.25) is 0 Å². The molecule has 2 saturated heterocycles. The van der Waals surface area contributed by atoms with Gasteiger partial charge in [-0.2, -0.15) is 4.31 Å². The summed E-state index contributed by atoms with van der Waals surface area (Å²) in [6, 6.07) is 9.33. The Morgan fingerprint density at radius 2 is 1.68 bits per heavy atom. The number of benzene rings is 1. The zero-order valence-electron chi connectivity index (χ0n) is 16.2. The molecule has 3 heterocycles. The van der Waals surface area contributed by atoms with Crippen LogP contribution in [0.3, 0.4) is 0 Å². The molecule has 2 aromatic rings. The minimum absolute atomic E-state index is 0.367. The maximum Gasteiger partial charge on any atom is 0.243 e. The van der Waals surface area contributed by atoms with Gasteiger partial charge in [0.05, 0.1) is 23.8 Å². The van der Waals surface area contributed by atoms with E-state index in [1.54, 1.807) is 10.4 Å². The lowest BCUT2D eigenvalue weighted by Gasteiger charge is -2.27. The molecule has 8 heteroatoms. The summed E-state index contributed by atoms with van der Waals surface area (Å²) in [6.07, 6.45) is 2.94. The molecule has 0 spiro atoms. The van der Waals surface area contributed by atoms with E-state index < -0.39 is 10.0 Å². The third-order valence-corrected chi connectivity index (χ3v) is 7.44. The summed E-state index contributed by atoms with van der Waals surface area (Å²) in [5, 5.41) is 8.69. The molecule has 0 atom stereocenters. The Hall–Kier alpha value is -2.03. The van der Waals surface area contributed by atoms with E-state index in [9.17, 15) is 8.42 Å². The van der Waals surface area contributed by atoms with E-state index in [0.717, 1.165) is 49.3 Å². The van der Waals surface area contributed by atoms with Gasteiger partial charge in [0.25, 0.3) is 0 Å². The van der Waals surface area contributed by atoms with Crippen LogP contribution in [-0.4, -0.2) is 62.3 Å². The number of hydrogen-bond donors (Lipinski definition) is 0. The van der Waals surface area contributed by atoms with Crippen molar-refractivity contribution in [1.29, 1.82) is 0 Å². The van der Waals surface area contributed by atoms with Crippen LogP contribution in [0.4, 0.5) is 5.82 Å². The Labute approximate surface area is 166 Å². The first kappa shape index (κ1) is 19.3. The number of hydrogen-bond acceptors (Lipinski definition) is 6. The molecule has 1 aromatic carbocycles. The van der Waals surface area contributed by atoms with Crippen LogP contribution in [0.25, 0.3) is 11.3 Å².